The van der Waals surface area contributed by atoms with Gasteiger partial charge in [0.05, 0.1) is 22.1 Å². The number of hydrogen-bond acceptors (Lipinski definition) is 4. The molecule has 0 unspecified atom stereocenters. The van der Waals surface area contributed by atoms with Crippen molar-refractivity contribution in [3.05, 3.63) is 104 Å². The number of fused-ring (bicyclic) bond motifs is 1. The monoisotopic (exact) mass is 509 g/mol. The van der Waals surface area contributed by atoms with Crippen LogP contribution in [-0.4, -0.2) is 15.9 Å². The fourth-order valence-corrected chi connectivity index (χ4v) is 3.83. The maximum absolute atomic E-state index is 13.1. The third kappa shape index (κ3) is 4.92. The minimum Gasteiger partial charge on any atom is -0.487 e. The molecule has 0 saturated heterocycles. The third-order valence-corrected chi connectivity index (χ3v) is 5.65. The van der Waals surface area contributed by atoms with E-state index in [0.29, 0.717) is 34.1 Å². The lowest BCUT2D eigenvalue weighted by Gasteiger charge is -2.12. The average molecular weight is 511 g/mol. The molecule has 4 aromatic rings. The van der Waals surface area contributed by atoms with Crippen molar-refractivity contribution in [2.75, 3.05) is 0 Å². The topological polar surface area (TPSA) is 56.5 Å². The average Bonchev–Trinajstić information content (AvgIpc) is 2.78. The Bertz CT molecular complexity index is 1350. The van der Waals surface area contributed by atoms with E-state index in [-0.39, 0.29) is 11.5 Å². The van der Waals surface area contributed by atoms with Crippen LogP contribution >= 0.6 is 27.5 Å². The molecule has 0 saturated carbocycles. The minimum absolute atomic E-state index is 0.0187. The van der Waals surface area contributed by atoms with E-state index in [0.717, 1.165) is 15.6 Å². The highest BCUT2D eigenvalue weighted by atomic mass is 79.9. The summed E-state index contributed by atoms with van der Waals surface area (Å²) in [6.07, 6.45) is 1.60. The van der Waals surface area contributed by atoms with Crippen LogP contribution in [0.5, 0.6) is 5.75 Å². The molecule has 4 rings (SSSR count). The number of ether oxygens (including phenoxy) is 1. The lowest BCUT2D eigenvalue weighted by molar-refractivity contribution is 0.306. The highest BCUT2D eigenvalue weighted by molar-refractivity contribution is 9.10. The van der Waals surface area contributed by atoms with Crippen molar-refractivity contribution in [3.63, 3.8) is 0 Å². The van der Waals surface area contributed by atoms with E-state index < -0.39 is 0 Å². The third-order valence-electron chi connectivity index (χ3n) is 4.87. The smallest absolute Gasteiger partial charge is 0.282 e. The van der Waals surface area contributed by atoms with Gasteiger partial charge < -0.3 is 4.74 Å². The van der Waals surface area contributed by atoms with Gasteiger partial charge in [0.2, 0.25) is 0 Å². The molecule has 1 aromatic heterocycles. The molecule has 0 bridgehead atoms. The first-order valence-corrected chi connectivity index (χ1v) is 11.3. The fraction of sp³-hybridized carbons (Fsp3) is 0.160. The van der Waals surface area contributed by atoms with Gasteiger partial charge in [-0.15, -0.1) is 0 Å². The Labute approximate surface area is 199 Å². The van der Waals surface area contributed by atoms with Gasteiger partial charge in [-0.1, -0.05) is 71.7 Å². The number of hydrogen-bond donors (Lipinski definition) is 0. The van der Waals surface area contributed by atoms with Gasteiger partial charge in [0.25, 0.3) is 5.56 Å². The largest absolute Gasteiger partial charge is 0.487 e. The molecule has 0 atom stereocenters. The van der Waals surface area contributed by atoms with Crippen LogP contribution in [0, 0.1) is 0 Å². The van der Waals surface area contributed by atoms with Crippen LogP contribution in [0.25, 0.3) is 10.9 Å². The van der Waals surface area contributed by atoms with Crippen molar-refractivity contribution in [2.24, 2.45) is 5.10 Å². The summed E-state index contributed by atoms with van der Waals surface area (Å²) in [5.74, 6) is 1.20. The molecule has 0 radical (unpaired) electrons. The van der Waals surface area contributed by atoms with Crippen LogP contribution in [0.4, 0.5) is 0 Å². The molecule has 0 N–H and O–H groups in total. The molecule has 5 nitrogen and oxygen atoms in total. The highest BCUT2D eigenvalue weighted by Crippen LogP contribution is 2.26. The highest BCUT2D eigenvalue weighted by Gasteiger charge is 2.14. The zero-order valence-corrected chi connectivity index (χ0v) is 20.0. The van der Waals surface area contributed by atoms with Crippen LogP contribution in [-0.2, 0) is 6.61 Å². The maximum atomic E-state index is 13.1. The predicted molar refractivity (Wildman–Crippen MR) is 133 cm³/mol. The molecule has 0 fully saturated rings. The van der Waals surface area contributed by atoms with Crippen LogP contribution in [0.3, 0.4) is 0 Å². The first-order chi connectivity index (χ1) is 15.4. The normalized spacial score (nSPS) is 11.5. The molecule has 0 aliphatic rings. The summed E-state index contributed by atoms with van der Waals surface area (Å²) in [7, 11) is 0. The van der Waals surface area contributed by atoms with Crippen LogP contribution in [0.1, 0.15) is 36.7 Å². The standard InChI is InChI=1S/C25H21BrClN3O2/c1-16(2)24-29-22-10-9-19(26)13-20(22)25(31)30(24)28-14-18-8-11-23(21(27)12-18)32-15-17-6-4-3-5-7-17/h3-14,16H,15H2,1-2H3. The lowest BCUT2D eigenvalue weighted by Crippen LogP contribution is -2.23. The van der Waals surface area contributed by atoms with Crippen molar-refractivity contribution in [1.82, 2.24) is 9.66 Å². The van der Waals surface area contributed by atoms with Crippen molar-refractivity contribution < 1.29 is 4.74 Å². The van der Waals surface area contributed by atoms with Crippen molar-refractivity contribution >= 4 is 44.6 Å². The summed E-state index contributed by atoms with van der Waals surface area (Å²) in [6, 6.07) is 20.8. The summed E-state index contributed by atoms with van der Waals surface area (Å²) in [6.45, 7) is 4.39. The molecule has 0 amide bonds. The van der Waals surface area contributed by atoms with Gasteiger partial charge in [0.15, 0.2) is 0 Å². The number of halogens is 2. The first-order valence-electron chi connectivity index (χ1n) is 10.1. The first kappa shape index (κ1) is 22.2. The maximum Gasteiger partial charge on any atom is 0.282 e. The molecule has 0 spiro atoms. The number of benzene rings is 3. The lowest BCUT2D eigenvalue weighted by atomic mass is 10.2. The van der Waals surface area contributed by atoms with E-state index in [9.17, 15) is 4.79 Å². The Balaban J connectivity index is 1.62. The van der Waals surface area contributed by atoms with Gasteiger partial charge >= 0.3 is 0 Å². The molecular weight excluding hydrogens is 490 g/mol. The van der Waals surface area contributed by atoms with Gasteiger partial charge in [-0.3, -0.25) is 4.79 Å². The van der Waals surface area contributed by atoms with Gasteiger partial charge in [-0.25, -0.2) is 4.98 Å². The van der Waals surface area contributed by atoms with Gasteiger partial charge in [0, 0.05) is 10.4 Å². The second-order valence-electron chi connectivity index (χ2n) is 7.61. The fourth-order valence-electron chi connectivity index (χ4n) is 3.23. The van der Waals surface area contributed by atoms with Crippen LogP contribution in [0.2, 0.25) is 5.02 Å². The number of aromatic nitrogens is 2. The predicted octanol–water partition coefficient (Wildman–Crippen LogP) is 6.40. The minimum atomic E-state index is -0.217. The Morgan fingerprint density at radius 1 is 1.12 bits per heavy atom. The van der Waals surface area contributed by atoms with Crippen LogP contribution in [0.15, 0.2) is 81.1 Å². The number of rotatable bonds is 6. The molecule has 162 valence electrons. The van der Waals surface area contributed by atoms with E-state index >= 15 is 0 Å². The van der Waals surface area contributed by atoms with Gasteiger partial charge in [-0.05, 0) is 47.5 Å². The summed E-state index contributed by atoms with van der Waals surface area (Å²) >= 11 is 9.83. The van der Waals surface area contributed by atoms with Gasteiger partial charge in [0.1, 0.15) is 18.2 Å². The Morgan fingerprint density at radius 2 is 1.91 bits per heavy atom. The Kier molecular flexibility index (Phi) is 6.72. The molecular formula is C25H21BrClN3O2. The molecule has 1 heterocycles. The van der Waals surface area contributed by atoms with E-state index in [2.05, 4.69) is 26.0 Å². The Morgan fingerprint density at radius 3 is 2.62 bits per heavy atom. The van der Waals surface area contributed by atoms with Crippen LogP contribution < -0.4 is 10.3 Å². The van der Waals surface area contributed by atoms with Crippen molar-refractivity contribution in [1.29, 1.82) is 0 Å². The Hall–Kier alpha value is -2.96. The summed E-state index contributed by atoms with van der Waals surface area (Å²) in [4.78, 5) is 17.8. The van der Waals surface area contributed by atoms with E-state index in [1.54, 1.807) is 24.4 Å². The van der Waals surface area contributed by atoms with Crippen molar-refractivity contribution in [2.45, 2.75) is 26.4 Å². The molecule has 7 heteroatoms. The summed E-state index contributed by atoms with van der Waals surface area (Å²) in [5.41, 5.74) is 2.24. The van der Waals surface area contributed by atoms with Gasteiger partial charge in [-0.2, -0.15) is 9.78 Å². The zero-order valence-electron chi connectivity index (χ0n) is 17.6. The summed E-state index contributed by atoms with van der Waals surface area (Å²) < 4.78 is 7.99. The molecule has 3 aromatic carbocycles. The second-order valence-corrected chi connectivity index (χ2v) is 8.93. The molecule has 0 aliphatic carbocycles. The summed E-state index contributed by atoms with van der Waals surface area (Å²) in [5, 5.41) is 5.42. The van der Waals surface area contributed by atoms with E-state index in [1.165, 1.54) is 4.68 Å². The van der Waals surface area contributed by atoms with Crippen molar-refractivity contribution in [3.8, 4) is 5.75 Å². The second kappa shape index (κ2) is 9.67. The molecule has 0 aliphatic heterocycles. The number of nitrogens with zero attached hydrogens (tertiary/aromatic N) is 3. The van der Waals surface area contributed by atoms with E-state index in [1.807, 2.05) is 62.4 Å². The quantitative estimate of drug-likeness (QED) is 0.282. The SMILES string of the molecule is CC(C)c1nc2ccc(Br)cc2c(=O)n1N=Cc1ccc(OCc2ccccc2)c(Cl)c1. The molecule has 32 heavy (non-hydrogen) atoms. The zero-order chi connectivity index (χ0) is 22.7. The van der Waals surface area contributed by atoms with E-state index in [4.69, 9.17) is 16.3 Å².